The highest BCUT2D eigenvalue weighted by Crippen LogP contribution is 2.18. The fraction of sp³-hybridized carbons (Fsp3) is 0.333. The summed E-state index contributed by atoms with van der Waals surface area (Å²) in [4.78, 5) is 0. The molecular weight excluding hydrogens is 176 g/mol. The molecule has 1 heterocycles. The number of benzene rings is 1. The van der Waals surface area contributed by atoms with Gasteiger partial charge in [-0.3, -0.25) is 0 Å². The molecule has 0 aliphatic heterocycles. The van der Waals surface area contributed by atoms with Gasteiger partial charge in [0.2, 0.25) is 0 Å². The third kappa shape index (κ3) is 2.36. The lowest BCUT2D eigenvalue weighted by atomic mass is 10.2. The molecule has 0 atom stereocenters. The largest absolute Gasteiger partial charge is 0.461 e. The molecular formula is C12H16O2. The topological polar surface area (TPSA) is 33.4 Å². The number of furan rings is 1. The smallest absolute Gasteiger partial charge is 0.134 e. The van der Waals surface area contributed by atoms with Crippen LogP contribution >= 0.6 is 0 Å². The summed E-state index contributed by atoms with van der Waals surface area (Å²) in [6.07, 6.45) is 0.592. The van der Waals surface area contributed by atoms with Crippen LogP contribution in [0, 0.1) is 0 Å². The molecule has 0 bridgehead atoms. The lowest BCUT2D eigenvalue weighted by molar-refractivity contribution is 0.289. The predicted octanol–water partition coefficient (Wildman–Crippen LogP) is 2.99. The Bertz CT molecular complexity index is 343. The van der Waals surface area contributed by atoms with Gasteiger partial charge in [0.1, 0.15) is 11.3 Å². The van der Waals surface area contributed by atoms with Crippen LogP contribution in [0.25, 0.3) is 11.0 Å². The Balaban J connectivity index is 0.000000461. The third-order valence-electron chi connectivity index (χ3n) is 1.83. The molecule has 1 aromatic carbocycles. The number of para-hydroxylation sites is 1. The molecule has 0 saturated heterocycles. The normalized spacial score (nSPS) is 9.64. The Labute approximate surface area is 84.2 Å². The monoisotopic (exact) mass is 192 g/mol. The van der Waals surface area contributed by atoms with Crippen molar-refractivity contribution in [2.75, 3.05) is 6.61 Å². The van der Waals surface area contributed by atoms with Crippen molar-refractivity contribution in [1.82, 2.24) is 0 Å². The molecule has 0 saturated carbocycles. The number of rotatable bonds is 2. The number of aliphatic hydroxyl groups excluding tert-OH is 1. The first-order valence-corrected chi connectivity index (χ1v) is 4.98. The maximum absolute atomic E-state index is 8.68. The summed E-state index contributed by atoms with van der Waals surface area (Å²) in [7, 11) is 0. The lowest BCUT2D eigenvalue weighted by Gasteiger charge is -1.87. The second kappa shape index (κ2) is 5.45. The van der Waals surface area contributed by atoms with Gasteiger partial charge in [0.15, 0.2) is 0 Å². The second-order valence-electron chi connectivity index (χ2n) is 2.72. The Morgan fingerprint density at radius 2 is 1.93 bits per heavy atom. The van der Waals surface area contributed by atoms with Crippen molar-refractivity contribution in [2.24, 2.45) is 0 Å². The van der Waals surface area contributed by atoms with E-state index in [9.17, 15) is 0 Å². The maximum Gasteiger partial charge on any atom is 0.134 e. The average Bonchev–Trinajstić information content (AvgIpc) is 2.63. The van der Waals surface area contributed by atoms with E-state index >= 15 is 0 Å². The minimum absolute atomic E-state index is 0.139. The van der Waals surface area contributed by atoms with Gasteiger partial charge in [0.05, 0.1) is 6.61 Å². The predicted molar refractivity (Wildman–Crippen MR) is 58.4 cm³/mol. The lowest BCUT2D eigenvalue weighted by Crippen LogP contribution is -1.85. The molecule has 2 aromatic rings. The Hall–Kier alpha value is -1.28. The van der Waals surface area contributed by atoms with Crippen molar-refractivity contribution in [3.63, 3.8) is 0 Å². The van der Waals surface area contributed by atoms with Gasteiger partial charge in [-0.2, -0.15) is 0 Å². The Morgan fingerprint density at radius 3 is 2.57 bits per heavy atom. The molecule has 0 amide bonds. The van der Waals surface area contributed by atoms with Crippen LogP contribution in [0.1, 0.15) is 19.6 Å². The maximum atomic E-state index is 8.68. The summed E-state index contributed by atoms with van der Waals surface area (Å²) in [6, 6.07) is 9.80. The summed E-state index contributed by atoms with van der Waals surface area (Å²) in [5, 5.41) is 9.78. The molecule has 0 aliphatic rings. The van der Waals surface area contributed by atoms with Gasteiger partial charge in [0, 0.05) is 11.8 Å². The van der Waals surface area contributed by atoms with Crippen molar-refractivity contribution in [3.8, 4) is 0 Å². The Kier molecular flexibility index (Phi) is 4.20. The third-order valence-corrected chi connectivity index (χ3v) is 1.83. The first-order valence-electron chi connectivity index (χ1n) is 4.98. The molecule has 1 aromatic heterocycles. The van der Waals surface area contributed by atoms with Gasteiger partial charge in [-0.05, 0) is 12.1 Å². The van der Waals surface area contributed by atoms with E-state index in [0.29, 0.717) is 6.42 Å². The van der Waals surface area contributed by atoms with Crippen LogP contribution in [-0.4, -0.2) is 11.7 Å². The number of hydrogen-bond donors (Lipinski definition) is 1. The minimum Gasteiger partial charge on any atom is -0.461 e. The van der Waals surface area contributed by atoms with E-state index in [2.05, 4.69) is 0 Å². The first-order chi connectivity index (χ1) is 6.90. The van der Waals surface area contributed by atoms with Crippen LogP contribution in [0.5, 0.6) is 0 Å². The van der Waals surface area contributed by atoms with Crippen molar-refractivity contribution in [3.05, 3.63) is 36.1 Å². The van der Waals surface area contributed by atoms with E-state index in [0.717, 1.165) is 16.7 Å². The molecule has 14 heavy (non-hydrogen) atoms. The van der Waals surface area contributed by atoms with Crippen LogP contribution in [0.4, 0.5) is 0 Å². The number of hydrogen-bond acceptors (Lipinski definition) is 2. The fourth-order valence-electron chi connectivity index (χ4n) is 1.27. The van der Waals surface area contributed by atoms with Gasteiger partial charge >= 0.3 is 0 Å². The van der Waals surface area contributed by atoms with E-state index in [1.807, 2.05) is 44.2 Å². The van der Waals surface area contributed by atoms with Gasteiger partial charge < -0.3 is 9.52 Å². The van der Waals surface area contributed by atoms with Gasteiger partial charge in [-0.25, -0.2) is 0 Å². The highest BCUT2D eigenvalue weighted by molar-refractivity contribution is 5.77. The zero-order valence-electron chi connectivity index (χ0n) is 8.66. The zero-order chi connectivity index (χ0) is 10.4. The van der Waals surface area contributed by atoms with E-state index < -0.39 is 0 Å². The van der Waals surface area contributed by atoms with Crippen LogP contribution in [0.15, 0.2) is 34.7 Å². The molecule has 2 rings (SSSR count). The molecule has 0 fully saturated rings. The average molecular weight is 192 g/mol. The second-order valence-corrected chi connectivity index (χ2v) is 2.72. The van der Waals surface area contributed by atoms with Crippen LogP contribution in [0.3, 0.4) is 0 Å². The summed E-state index contributed by atoms with van der Waals surface area (Å²) in [5.41, 5.74) is 0.890. The van der Waals surface area contributed by atoms with E-state index in [1.165, 1.54) is 0 Å². The summed E-state index contributed by atoms with van der Waals surface area (Å²) >= 11 is 0. The molecule has 76 valence electrons. The highest BCUT2D eigenvalue weighted by atomic mass is 16.3. The highest BCUT2D eigenvalue weighted by Gasteiger charge is 2.00. The molecule has 0 aliphatic carbocycles. The van der Waals surface area contributed by atoms with Crippen LogP contribution in [-0.2, 0) is 6.42 Å². The van der Waals surface area contributed by atoms with E-state index in [4.69, 9.17) is 9.52 Å². The molecule has 2 heteroatoms. The Morgan fingerprint density at radius 1 is 1.21 bits per heavy atom. The number of fused-ring (bicyclic) bond motifs is 1. The van der Waals surface area contributed by atoms with Crippen LogP contribution in [0.2, 0.25) is 0 Å². The van der Waals surface area contributed by atoms with Crippen molar-refractivity contribution in [2.45, 2.75) is 20.3 Å². The number of aliphatic hydroxyl groups is 1. The fourth-order valence-corrected chi connectivity index (χ4v) is 1.27. The van der Waals surface area contributed by atoms with Crippen molar-refractivity contribution >= 4 is 11.0 Å². The van der Waals surface area contributed by atoms with Crippen molar-refractivity contribution in [1.29, 1.82) is 0 Å². The van der Waals surface area contributed by atoms with Crippen LogP contribution < -0.4 is 0 Å². The minimum atomic E-state index is 0.139. The van der Waals surface area contributed by atoms with Gasteiger partial charge in [-0.15, -0.1) is 0 Å². The van der Waals surface area contributed by atoms with E-state index in [1.54, 1.807) is 0 Å². The summed E-state index contributed by atoms with van der Waals surface area (Å²) in [5.74, 6) is 0.846. The molecule has 2 nitrogen and oxygen atoms in total. The summed E-state index contributed by atoms with van der Waals surface area (Å²) < 4.78 is 5.45. The standard InChI is InChI=1S/C10H10O2.C2H6/c11-6-5-9-7-8-3-1-2-4-10(8)12-9;1-2/h1-4,7,11H,5-6H2;1-2H3. The first kappa shape index (κ1) is 10.8. The summed E-state index contributed by atoms with van der Waals surface area (Å²) in [6.45, 7) is 4.14. The van der Waals surface area contributed by atoms with E-state index in [-0.39, 0.29) is 6.61 Å². The molecule has 0 unspecified atom stereocenters. The van der Waals surface area contributed by atoms with Crippen molar-refractivity contribution < 1.29 is 9.52 Å². The molecule has 0 spiro atoms. The molecule has 1 N–H and O–H groups in total. The SMILES string of the molecule is CC.OCCc1cc2ccccc2o1. The quantitative estimate of drug-likeness (QED) is 0.793. The zero-order valence-corrected chi connectivity index (χ0v) is 8.66. The van der Waals surface area contributed by atoms with Gasteiger partial charge in [-0.1, -0.05) is 32.0 Å². The van der Waals surface area contributed by atoms with Gasteiger partial charge in [0.25, 0.3) is 0 Å². The molecule has 0 radical (unpaired) electrons.